The van der Waals surface area contributed by atoms with Crippen molar-refractivity contribution in [1.29, 1.82) is 0 Å². The van der Waals surface area contributed by atoms with Gasteiger partial charge in [-0.05, 0) is 35.9 Å². The lowest BCUT2D eigenvalue weighted by Crippen LogP contribution is -2.06. The summed E-state index contributed by atoms with van der Waals surface area (Å²) in [4.78, 5) is 8.88. The standard InChI is InChI=1S/C16H9FN4/c17-12-4-1-10(2-5-12)3-6-16-19-14-7-11-9-18-21-13(11)8-15(14)20-16/h1-9H. The van der Waals surface area contributed by atoms with Crippen LogP contribution in [0.15, 0.2) is 62.7 Å². The number of hydrogen-bond donors (Lipinski definition) is 0. The largest absolute Gasteiger partial charge is 0.227 e. The second-order valence-electron chi connectivity index (χ2n) is 4.71. The lowest BCUT2D eigenvalue weighted by molar-refractivity contribution is 0.628. The molecule has 4 nitrogen and oxygen atoms in total. The van der Waals surface area contributed by atoms with Gasteiger partial charge in [-0.2, -0.15) is 10.2 Å². The molecule has 0 aromatic heterocycles. The van der Waals surface area contributed by atoms with Gasteiger partial charge in [-0.25, -0.2) is 14.4 Å². The number of amidine groups is 1. The Hall–Kier alpha value is -2.95. The van der Waals surface area contributed by atoms with Gasteiger partial charge in [-0.15, -0.1) is 0 Å². The second-order valence-corrected chi connectivity index (χ2v) is 4.71. The normalized spacial score (nSPS) is 14.6. The fourth-order valence-electron chi connectivity index (χ4n) is 2.20. The molecule has 2 aromatic rings. The number of fused-ring (bicyclic) bond motifs is 2. The Bertz CT molecular complexity index is 937. The molecule has 0 fully saturated rings. The predicted molar refractivity (Wildman–Crippen MR) is 78.7 cm³/mol. The van der Waals surface area contributed by atoms with Gasteiger partial charge in [-0.3, -0.25) is 0 Å². The van der Waals surface area contributed by atoms with Crippen LogP contribution in [0.2, 0.25) is 0 Å². The first-order valence-electron chi connectivity index (χ1n) is 6.44. The van der Waals surface area contributed by atoms with E-state index in [1.807, 2.05) is 24.3 Å². The van der Waals surface area contributed by atoms with Crippen LogP contribution in [-0.4, -0.2) is 5.84 Å². The lowest BCUT2D eigenvalue weighted by Gasteiger charge is -1.92. The summed E-state index contributed by atoms with van der Waals surface area (Å²) in [5.74, 6) is 0.373. The van der Waals surface area contributed by atoms with E-state index in [9.17, 15) is 4.39 Å². The second kappa shape index (κ2) is 4.56. The summed E-state index contributed by atoms with van der Waals surface area (Å²) < 4.78 is 12.8. The Labute approximate surface area is 119 Å². The zero-order chi connectivity index (χ0) is 14.2. The van der Waals surface area contributed by atoms with E-state index in [-0.39, 0.29) is 5.82 Å². The van der Waals surface area contributed by atoms with Crippen molar-refractivity contribution < 1.29 is 4.39 Å². The average Bonchev–Trinajstić information content (AvgIpc) is 3.09. The number of halogens is 1. The Balaban J connectivity index is 1.65. The Morgan fingerprint density at radius 3 is 2.62 bits per heavy atom. The minimum Gasteiger partial charge on any atom is -0.227 e. The summed E-state index contributed by atoms with van der Waals surface area (Å²) in [6.07, 6.45) is 5.37. The SMILES string of the molecule is Fc1ccc(C=CC2=Nc3cc4c(cc3=N2)N=NC=4)cc1. The molecule has 4 rings (SSSR count). The molecule has 2 aliphatic heterocycles. The van der Waals surface area contributed by atoms with E-state index in [4.69, 9.17) is 0 Å². The third-order valence-electron chi connectivity index (χ3n) is 3.25. The van der Waals surface area contributed by atoms with E-state index in [0.29, 0.717) is 5.84 Å². The van der Waals surface area contributed by atoms with Crippen LogP contribution in [0.25, 0.3) is 12.3 Å². The molecule has 0 amide bonds. The maximum Gasteiger partial charge on any atom is 0.153 e. The van der Waals surface area contributed by atoms with E-state index >= 15 is 0 Å². The molecule has 0 atom stereocenters. The Kier molecular flexibility index (Phi) is 2.57. The Morgan fingerprint density at radius 1 is 0.905 bits per heavy atom. The molecule has 0 spiro atoms. The molecule has 2 heterocycles. The van der Waals surface area contributed by atoms with Crippen LogP contribution in [0.5, 0.6) is 0 Å². The van der Waals surface area contributed by atoms with E-state index < -0.39 is 0 Å². The average molecular weight is 276 g/mol. The van der Waals surface area contributed by atoms with Crippen molar-refractivity contribution in [3.05, 3.63) is 64.4 Å². The van der Waals surface area contributed by atoms with Crippen molar-refractivity contribution in [2.24, 2.45) is 20.2 Å². The Morgan fingerprint density at radius 2 is 1.76 bits per heavy atom. The summed E-state index contributed by atoms with van der Waals surface area (Å²) in [6.45, 7) is 0. The highest BCUT2D eigenvalue weighted by Gasteiger charge is 2.09. The third kappa shape index (κ3) is 2.18. The molecule has 0 radical (unpaired) electrons. The van der Waals surface area contributed by atoms with Gasteiger partial charge in [0.1, 0.15) is 5.82 Å². The van der Waals surface area contributed by atoms with Gasteiger partial charge < -0.3 is 0 Å². The molecule has 2 aromatic carbocycles. The molecular weight excluding hydrogens is 267 g/mol. The highest BCUT2D eigenvalue weighted by Crippen LogP contribution is 2.16. The number of benzene rings is 2. The summed E-state index contributed by atoms with van der Waals surface area (Å²) >= 11 is 0. The molecule has 0 N–H and O–H groups in total. The molecule has 0 bridgehead atoms. The maximum absolute atomic E-state index is 12.8. The predicted octanol–water partition coefficient (Wildman–Crippen LogP) is 3.04. The number of azo groups is 1. The summed E-state index contributed by atoms with van der Waals surface area (Å²) in [5.41, 5.74) is 2.53. The van der Waals surface area contributed by atoms with E-state index in [1.54, 1.807) is 18.3 Å². The zero-order valence-corrected chi connectivity index (χ0v) is 10.9. The summed E-state index contributed by atoms with van der Waals surface area (Å²) in [7, 11) is 0. The molecule has 0 aliphatic carbocycles. The van der Waals surface area contributed by atoms with Crippen LogP contribution in [-0.2, 0) is 0 Å². The van der Waals surface area contributed by atoms with Gasteiger partial charge in [0.25, 0.3) is 0 Å². The zero-order valence-electron chi connectivity index (χ0n) is 10.9. The van der Waals surface area contributed by atoms with E-state index in [0.717, 1.165) is 27.5 Å². The number of aliphatic imine (C=N–C) groups is 1. The first-order chi connectivity index (χ1) is 10.3. The topological polar surface area (TPSA) is 49.4 Å². The van der Waals surface area contributed by atoms with Crippen LogP contribution in [0.4, 0.5) is 15.8 Å². The first kappa shape index (κ1) is 11.8. The minimum absolute atomic E-state index is 0.248. The quantitative estimate of drug-likeness (QED) is 0.809. The van der Waals surface area contributed by atoms with E-state index in [1.165, 1.54) is 12.1 Å². The summed E-state index contributed by atoms with van der Waals surface area (Å²) in [6, 6.07) is 10.1. The van der Waals surface area contributed by atoms with Crippen LogP contribution in [0, 0.1) is 5.82 Å². The van der Waals surface area contributed by atoms with Crippen LogP contribution in [0.1, 0.15) is 5.56 Å². The van der Waals surface area contributed by atoms with Crippen molar-refractivity contribution in [3.63, 3.8) is 0 Å². The maximum atomic E-state index is 12.8. The number of nitrogens with zero attached hydrogens (tertiary/aromatic N) is 4. The van der Waals surface area contributed by atoms with Gasteiger partial charge in [0.15, 0.2) is 5.84 Å². The van der Waals surface area contributed by atoms with Crippen molar-refractivity contribution >= 4 is 29.5 Å². The van der Waals surface area contributed by atoms with Crippen molar-refractivity contribution in [1.82, 2.24) is 0 Å². The molecule has 0 saturated heterocycles. The van der Waals surface area contributed by atoms with Crippen molar-refractivity contribution in [2.75, 3.05) is 0 Å². The minimum atomic E-state index is -0.248. The van der Waals surface area contributed by atoms with Crippen molar-refractivity contribution in [3.8, 4) is 0 Å². The highest BCUT2D eigenvalue weighted by atomic mass is 19.1. The molecule has 2 aliphatic rings. The first-order valence-corrected chi connectivity index (χ1v) is 6.44. The molecular formula is C16H9FN4. The third-order valence-corrected chi connectivity index (χ3v) is 3.25. The van der Waals surface area contributed by atoms with Gasteiger partial charge in [0, 0.05) is 5.22 Å². The fraction of sp³-hybridized carbons (Fsp3) is 0. The summed E-state index contributed by atoms with van der Waals surface area (Å²) in [5, 5.41) is 9.62. The van der Waals surface area contributed by atoms with Crippen molar-refractivity contribution in [2.45, 2.75) is 0 Å². The van der Waals surface area contributed by atoms with Crippen LogP contribution < -0.4 is 10.6 Å². The lowest BCUT2D eigenvalue weighted by atomic mass is 10.2. The molecule has 21 heavy (non-hydrogen) atoms. The highest BCUT2D eigenvalue weighted by molar-refractivity contribution is 6.00. The smallest absolute Gasteiger partial charge is 0.153 e. The fourth-order valence-corrected chi connectivity index (χ4v) is 2.20. The van der Waals surface area contributed by atoms with Gasteiger partial charge in [0.05, 0.1) is 22.9 Å². The van der Waals surface area contributed by atoms with E-state index in [2.05, 4.69) is 20.2 Å². The molecule has 0 unspecified atom stereocenters. The van der Waals surface area contributed by atoms with Gasteiger partial charge in [-0.1, -0.05) is 18.2 Å². The van der Waals surface area contributed by atoms with Crippen LogP contribution >= 0.6 is 0 Å². The molecule has 5 heteroatoms. The molecule has 0 saturated carbocycles. The number of hydrogen-bond acceptors (Lipinski definition) is 4. The monoisotopic (exact) mass is 276 g/mol. The van der Waals surface area contributed by atoms with Gasteiger partial charge >= 0.3 is 0 Å². The molecule has 100 valence electrons. The number of rotatable bonds is 2. The van der Waals surface area contributed by atoms with Gasteiger partial charge in [0.2, 0.25) is 0 Å². The van der Waals surface area contributed by atoms with Crippen LogP contribution in [0.3, 0.4) is 0 Å².